The maximum Gasteiger partial charge on any atom is 0.0767 e. The number of aliphatic hydroxyl groups is 1. The zero-order chi connectivity index (χ0) is 9.83. The number of nitrogens with one attached hydrogen (secondary N) is 1. The Kier molecular flexibility index (Phi) is 3.69. The molecule has 0 fully saturated rings. The zero-order valence-electron chi connectivity index (χ0n) is 8.31. The minimum absolute atomic E-state index is 0.357. The van der Waals surface area contributed by atoms with Crippen molar-refractivity contribution in [1.29, 1.82) is 5.26 Å². The molecule has 0 saturated heterocycles. The lowest BCUT2D eigenvalue weighted by Crippen LogP contribution is -2.55. The second-order valence-electron chi connectivity index (χ2n) is 4.02. The summed E-state index contributed by atoms with van der Waals surface area (Å²) in [7, 11) is 0. The van der Waals surface area contributed by atoms with E-state index in [1.54, 1.807) is 13.8 Å². The SMILES string of the molecule is CC(C)(O)C(C)(C)NCCC#N. The van der Waals surface area contributed by atoms with Crippen molar-refractivity contribution in [2.24, 2.45) is 0 Å². The molecule has 0 aliphatic carbocycles. The highest BCUT2D eigenvalue weighted by Crippen LogP contribution is 2.19. The van der Waals surface area contributed by atoms with Crippen LogP contribution in [0.3, 0.4) is 0 Å². The largest absolute Gasteiger partial charge is 0.389 e. The molecule has 0 saturated carbocycles. The molecule has 0 aromatic heterocycles. The number of nitrogens with zero attached hydrogens (tertiary/aromatic N) is 1. The summed E-state index contributed by atoms with van der Waals surface area (Å²) in [5.74, 6) is 0. The molecule has 0 atom stereocenters. The quantitative estimate of drug-likeness (QED) is 0.620. The van der Waals surface area contributed by atoms with Crippen molar-refractivity contribution >= 4 is 0 Å². The van der Waals surface area contributed by atoms with Crippen LogP contribution in [0.25, 0.3) is 0 Å². The fourth-order valence-corrected chi connectivity index (χ4v) is 0.647. The van der Waals surface area contributed by atoms with E-state index in [0.29, 0.717) is 13.0 Å². The summed E-state index contributed by atoms with van der Waals surface area (Å²) in [5.41, 5.74) is -1.13. The Hall–Kier alpha value is -0.590. The van der Waals surface area contributed by atoms with Gasteiger partial charge in [0.1, 0.15) is 0 Å². The first-order chi connectivity index (χ1) is 5.31. The second kappa shape index (κ2) is 3.88. The summed E-state index contributed by atoms with van der Waals surface area (Å²) in [5, 5.41) is 21.1. The van der Waals surface area contributed by atoms with E-state index in [1.165, 1.54) is 0 Å². The lowest BCUT2D eigenvalue weighted by molar-refractivity contribution is -0.00396. The van der Waals surface area contributed by atoms with Crippen LogP contribution in [-0.2, 0) is 0 Å². The molecule has 0 amide bonds. The number of hydrogen-bond donors (Lipinski definition) is 2. The predicted octanol–water partition coefficient (Wildman–Crippen LogP) is 1.04. The van der Waals surface area contributed by atoms with Gasteiger partial charge in [0, 0.05) is 18.5 Å². The molecule has 0 aromatic rings. The van der Waals surface area contributed by atoms with Crippen LogP contribution in [-0.4, -0.2) is 22.8 Å². The molecule has 0 aliphatic rings. The van der Waals surface area contributed by atoms with E-state index < -0.39 is 5.60 Å². The van der Waals surface area contributed by atoms with Crippen LogP contribution in [0.5, 0.6) is 0 Å². The van der Waals surface area contributed by atoms with Crippen LogP contribution in [0.1, 0.15) is 34.1 Å². The third kappa shape index (κ3) is 3.21. The molecular weight excluding hydrogens is 152 g/mol. The lowest BCUT2D eigenvalue weighted by Gasteiger charge is -2.38. The van der Waals surface area contributed by atoms with E-state index >= 15 is 0 Å². The summed E-state index contributed by atoms with van der Waals surface area (Å²) in [4.78, 5) is 0. The Morgan fingerprint density at radius 2 is 1.83 bits per heavy atom. The molecule has 0 heterocycles. The topological polar surface area (TPSA) is 56.0 Å². The van der Waals surface area contributed by atoms with Crippen molar-refractivity contribution in [2.45, 2.75) is 45.3 Å². The average Bonchev–Trinajstić information content (AvgIpc) is 1.85. The molecule has 0 radical (unpaired) electrons. The standard InChI is InChI=1S/C9H18N2O/c1-8(2,9(3,4)12)11-7-5-6-10/h11-12H,5,7H2,1-4H3. The van der Waals surface area contributed by atoms with Gasteiger partial charge in [0.15, 0.2) is 0 Å². The average molecular weight is 170 g/mol. The zero-order valence-corrected chi connectivity index (χ0v) is 8.31. The minimum atomic E-state index is -0.775. The third-order valence-corrected chi connectivity index (χ3v) is 2.33. The molecule has 0 aliphatic heterocycles. The fraction of sp³-hybridized carbons (Fsp3) is 0.889. The van der Waals surface area contributed by atoms with Gasteiger partial charge in [0.05, 0.1) is 11.7 Å². The van der Waals surface area contributed by atoms with Crippen LogP contribution in [0.15, 0.2) is 0 Å². The molecule has 3 heteroatoms. The molecule has 70 valence electrons. The van der Waals surface area contributed by atoms with Crippen LogP contribution in [0.4, 0.5) is 0 Å². The van der Waals surface area contributed by atoms with E-state index in [-0.39, 0.29) is 5.54 Å². The summed E-state index contributed by atoms with van der Waals surface area (Å²) >= 11 is 0. The van der Waals surface area contributed by atoms with E-state index in [2.05, 4.69) is 5.32 Å². The first-order valence-electron chi connectivity index (χ1n) is 4.15. The maximum atomic E-state index is 9.70. The van der Waals surface area contributed by atoms with Crippen LogP contribution in [0.2, 0.25) is 0 Å². The highest BCUT2D eigenvalue weighted by Gasteiger charge is 2.33. The fourth-order valence-electron chi connectivity index (χ4n) is 0.647. The van der Waals surface area contributed by atoms with E-state index in [9.17, 15) is 5.11 Å². The van der Waals surface area contributed by atoms with Gasteiger partial charge >= 0.3 is 0 Å². The first kappa shape index (κ1) is 11.4. The molecule has 0 rings (SSSR count). The van der Waals surface area contributed by atoms with Crippen molar-refractivity contribution in [2.75, 3.05) is 6.54 Å². The van der Waals surface area contributed by atoms with E-state index in [4.69, 9.17) is 5.26 Å². The molecule has 0 spiro atoms. The maximum absolute atomic E-state index is 9.70. The lowest BCUT2D eigenvalue weighted by atomic mass is 9.86. The van der Waals surface area contributed by atoms with Gasteiger partial charge in [-0.05, 0) is 27.7 Å². The number of nitriles is 1. The minimum Gasteiger partial charge on any atom is -0.389 e. The third-order valence-electron chi connectivity index (χ3n) is 2.33. The molecule has 0 unspecified atom stereocenters. The van der Waals surface area contributed by atoms with Gasteiger partial charge in [-0.3, -0.25) is 0 Å². The summed E-state index contributed by atoms with van der Waals surface area (Å²) in [6, 6.07) is 2.05. The normalized spacial score (nSPS) is 12.7. The summed E-state index contributed by atoms with van der Waals surface area (Å²) < 4.78 is 0. The highest BCUT2D eigenvalue weighted by atomic mass is 16.3. The molecular formula is C9H18N2O. The van der Waals surface area contributed by atoms with Crippen molar-refractivity contribution in [3.05, 3.63) is 0 Å². The van der Waals surface area contributed by atoms with Crippen LogP contribution < -0.4 is 5.32 Å². The summed E-state index contributed by atoms with van der Waals surface area (Å²) in [6.07, 6.45) is 0.472. The van der Waals surface area contributed by atoms with Gasteiger partial charge in [-0.15, -0.1) is 0 Å². The second-order valence-corrected chi connectivity index (χ2v) is 4.02. The van der Waals surface area contributed by atoms with Gasteiger partial charge in [0.2, 0.25) is 0 Å². The molecule has 0 bridgehead atoms. The van der Waals surface area contributed by atoms with E-state index in [1.807, 2.05) is 19.9 Å². The van der Waals surface area contributed by atoms with Gasteiger partial charge in [-0.25, -0.2) is 0 Å². The number of hydrogen-bond acceptors (Lipinski definition) is 3. The smallest absolute Gasteiger partial charge is 0.0767 e. The van der Waals surface area contributed by atoms with Gasteiger partial charge in [-0.1, -0.05) is 0 Å². The Morgan fingerprint density at radius 3 is 2.17 bits per heavy atom. The Morgan fingerprint density at radius 1 is 1.33 bits per heavy atom. The predicted molar refractivity (Wildman–Crippen MR) is 48.6 cm³/mol. The number of rotatable bonds is 4. The Balaban J connectivity index is 3.98. The molecule has 12 heavy (non-hydrogen) atoms. The van der Waals surface area contributed by atoms with Gasteiger partial charge in [-0.2, -0.15) is 5.26 Å². The molecule has 3 nitrogen and oxygen atoms in total. The van der Waals surface area contributed by atoms with Gasteiger partial charge in [0.25, 0.3) is 0 Å². The summed E-state index contributed by atoms with van der Waals surface area (Å²) in [6.45, 7) is 7.97. The Bertz CT molecular complexity index is 174. The molecule has 2 N–H and O–H groups in total. The Labute approximate surface area is 74.4 Å². The van der Waals surface area contributed by atoms with Gasteiger partial charge < -0.3 is 10.4 Å². The van der Waals surface area contributed by atoms with Crippen molar-refractivity contribution in [1.82, 2.24) is 5.32 Å². The van der Waals surface area contributed by atoms with Crippen LogP contribution in [0, 0.1) is 11.3 Å². The van der Waals surface area contributed by atoms with Crippen molar-refractivity contribution < 1.29 is 5.11 Å². The van der Waals surface area contributed by atoms with E-state index in [0.717, 1.165) is 0 Å². The monoisotopic (exact) mass is 170 g/mol. The molecule has 0 aromatic carbocycles. The van der Waals surface area contributed by atoms with Crippen molar-refractivity contribution in [3.63, 3.8) is 0 Å². The highest BCUT2D eigenvalue weighted by molar-refractivity contribution is 4.93. The van der Waals surface area contributed by atoms with Crippen LogP contribution >= 0.6 is 0 Å². The van der Waals surface area contributed by atoms with Crippen molar-refractivity contribution in [3.8, 4) is 6.07 Å². The first-order valence-corrected chi connectivity index (χ1v) is 4.15.